The van der Waals surface area contributed by atoms with Gasteiger partial charge in [0.25, 0.3) is 0 Å². The van der Waals surface area contributed by atoms with Gasteiger partial charge in [-0.05, 0) is 38.0 Å². The quantitative estimate of drug-likeness (QED) is 0.306. The highest BCUT2D eigenvalue weighted by Gasteiger charge is 2.21. The molecule has 2 amide bonds. The standard InChI is InChI=1S/C24H32FN3O2S/c1-5-7-10-16-27(18(3)11-6-2)23(30)15-14-20-17-31-24(26-20)28(19(4)29)22-13-9-8-12-21(22)25/h8-9,12-15,17-18H,5-7,10-11,16H2,1-4H3/b15-14+. The zero-order chi connectivity index (χ0) is 22.8. The minimum absolute atomic E-state index is 0.0378. The van der Waals surface area contributed by atoms with Crippen molar-refractivity contribution in [2.45, 2.75) is 65.8 Å². The fraction of sp³-hybridized carbons (Fsp3) is 0.458. The predicted molar refractivity (Wildman–Crippen MR) is 126 cm³/mol. The molecule has 0 bridgehead atoms. The molecular weight excluding hydrogens is 413 g/mol. The molecule has 1 aromatic carbocycles. The van der Waals surface area contributed by atoms with Crippen LogP contribution in [0.15, 0.2) is 35.7 Å². The second-order valence-electron chi connectivity index (χ2n) is 7.57. The number of anilines is 2. The molecule has 0 radical (unpaired) electrons. The number of hydrogen-bond acceptors (Lipinski definition) is 4. The third-order valence-corrected chi connectivity index (χ3v) is 5.87. The molecule has 7 heteroatoms. The Labute approximate surface area is 188 Å². The van der Waals surface area contributed by atoms with Crippen LogP contribution in [0.2, 0.25) is 0 Å². The molecule has 5 nitrogen and oxygen atoms in total. The fourth-order valence-electron chi connectivity index (χ4n) is 3.40. The van der Waals surface area contributed by atoms with E-state index < -0.39 is 5.82 Å². The van der Waals surface area contributed by atoms with Gasteiger partial charge in [-0.2, -0.15) is 0 Å². The molecule has 0 aliphatic carbocycles. The lowest BCUT2D eigenvalue weighted by Gasteiger charge is -2.28. The molecule has 0 N–H and O–H groups in total. The predicted octanol–water partition coefficient (Wildman–Crippen LogP) is 6.19. The minimum Gasteiger partial charge on any atom is -0.336 e. The number of benzene rings is 1. The van der Waals surface area contributed by atoms with E-state index in [1.54, 1.807) is 29.7 Å². The molecular formula is C24H32FN3O2S. The number of para-hydroxylation sites is 1. The van der Waals surface area contributed by atoms with E-state index in [-0.39, 0.29) is 23.5 Å². The smallest absolute Gasteiger partial charge is 0.246 e. The van der Waals surface area contributed by atoms with Crippen LogP contribution in [-0.2, 0) is 9.59 Å². The highest BCUT2D eigenvalue weighted by atomic mass is 32.1. The summed E-state index contributed by atoms with van der Waals surface area (Å²) in [6.07, 6.45) is 8.37. The van der Waals surface area contributed by atoms with Crippen LogP contribution in [0.1, 0.15) is 65.5 Å². The maximum atomic E-state index is 14.2. The van der Waals surface area contributed by atoms with Crippen LogP contribution in [0, 0.1) is 5.82 Å². The van der Waals surface area contributed by atoms with Crippen molar-refractivity contribution in [2.24, 2.45) is 0 Å². The Hall–Kier alpha value is -2.54. The van der Waals surface area contributed by atoms with Gasteiger partial charge >= 0.3 is 0 Å². The number of amides is 2. The van der Waals surface area contributed by atoms with Gasteiger partial charge in [0.1, 0.15) is 5.82 Å². The molecule has 0 aliphatic heterocycles. The SMILES string of the molecule is CCCCCN(C(=O)/C=C/c1csc(N(C(C)=O)c2ccccc2F)n1)C(C)CCC. The first kappa shape index (κ1) is 24.7. The van der Waals surface area contributed by atoms with E-state index in [1.807, 2.05) is 4.90 Å². The van der Waals surface area contributed by atoms with E-state index in [0.717, 1.165) is 38.6 Å². The Morgan fingerprint density at radius 2 is 1.94 bits per heavy atom. The molecule has 168 valence electrons. The van der Waals surface area contributed by atoms with Crippen molar-refractivity contribution in [1.82, 2.24) is 9.88 Å². The second-order valence-corrected chi connectivity index (χ2v) is 8.41. The van der Waals surface area contributed by atoms with Crippen molar-refractivity contribution >= 4 is 40.0 Å². The largest absolute Gasteiger partial charge is 0.336 e. The monoisotopic (exact) mass is 445 g/mol. The summed E-state index contributed by atoms with van der Waals surface area (Å²) in [4.78, 5) is 32.6. The van der Waals surface area contributed by atoms with Gasteiger partial charge in [0.2, 0.25) is 11.8 Å². The van der Waals surface area contributed by atoms with Crippen LogP contribution in [0.3, 0.4) is 0 Å². The summed E-state index contributed by atoms with van der Waals surface area (Å²) in [7, 11) is 0. The number of halogens is 1. The maximum Gasteiger partial charge on any atom is 0.246 e. The average Bonchev–Trinajstić information content (AvgIpc) is 3.19. The lowest BCUT2D eigenvalue weighted by molar-refractivity contribution is -0.128. The van der Waals surface area contributed by atoms with Gasteiger partial charge in [0.05, 0.1) is 11.4 Å². The summed E-state index contributed by atoms with van der Waals surface area (Å²) in [5, 5.41) is 2.12. The molecule has 0 saturated heterocycles. The van der Waals surface area contributed by atoms with E-state index >= 15 is 0 Å². The molecule has 0 saturated carbocycles. The van der Waals surface area contributed by atoms with Crippen LogP contribution >= 0.6 is 11.3 Å². The summed E-state index contributed by atoms with van der Waals surface area (Å²) in [6.45, 7) is 8.46. The van der Waals surface area contributed by atoms with Gasteiger partial charge in [-0.3, -0.25) is 14.5 Å². The molecule has 2 rings (SSSR count). The first-order valence-electron chi connectivity index (χ1n) is 10.9. The van der Waals surface area contributed by atoms with Gasteiger partial charge in [-0.25, -0.2) is 9.37 Å². The third-order valence-electron chi connectivity index (χ3n) is 5.03. The average molecular weight is 446 g/mol. The lowest BCUT2D eigenvalue weighted by Crippen LogP contribution is -2.38. The van der Waals surface area contributed by atoms with Gasteiger partial charge < -0.3 is 4.90 Å². The van der Waals surface area contributed by atoms with Crippen molar-refractivity contribution in [3.05, 3.63) is 47.2 Å². The number of aromatic nitrogens is 1. The van der Waals surface area contributed by atoms with E-state index in [0.29, 0.717) is 10.8 Å². The molecule has 1 unspecified atom stereocenters. The molecule has 0 fully saturated rings. The lowest BCUT2D eigenvalue weighted by atomic mass is 10.1. The molecule has 1 heterocycles. The summed E-state index contributed by atoms with van der Waals surface area (Å²) < 4.78 is 14.2. The van der Waals surface area contributed by atoms with Crippen LogP contribution < -0.4 is 4.90 Å². The normalized spacial score (nSPS) is 12.2. The zero-order valence-electron chi connectivity index (χ0n) is 18.8. The first-order chi connectivity index (χ1) is 14.9. The summed E-state index contributed by atoms with van der Waals surface area (Å²) in [6, 6.07) is 6.28. The Kier molecular flexibility index (Phi) is 9.85. The molecule has 31 heavy (non-hydrogen) atoms. The third kappa shape index (κ3) is 6.99. The van der Waals surface area contributed by atoms with E-state index in [4.69, 9.17) is 0 Å². The number of unbranched alkanes of at least 4 members (excludes halogenated alkanes) is 2. The Morgan fingerprint density at radius 1 is 1.19 bits per heavy atom. The fourth-order valence-corrected chi connectivity index (χ4v) is 4.25. The molecule has 0 aliphatic rings. The number of carbonyl (C=O) groups is 2. The minimum atomic E-state index is -0.493. The highest BCUT2D eigenvalue weighted by Crippen LogP contribution is 2.31. The van der Waals surface area contributed by atoms with Crippen molar-refractivity contribution in [1.29, 1.82) is 0 Å². The number of rotatable bonds is 11. The second kappa shape index (κ2) is 12.3. The van der Waals surface area contributed by atoms with Crippen molar-refractivity contribution in [3.8, 4) is 0 Å². The van der Waals surface area contributed by atoms with Gasteiger partial charge in [-0.15, -0.1) is 11.3 Å². The van der Waals surface area contributed by atoms with Crippen molar-refractivity contribution in [2.75, 3.05) is 11.4 Å². The Bertz CT molecular complexity index is 896. The summed E-state index contributed by atoms with van der Waals surface area (Å²) in [5.41, 5.74) is 0.721. The topological polar surface area (TPSA) is 53.5 Å². The van der Waals surface area contributed by atoms with Crippen LogP contribution in [0.4, 0.5) is 15.2 Å². The van der Waals surface area contributed by atoms with E-state index in [9.17, 15) is 14.0 Å². The first-order valence-corrected chi connectivity index (χ1v) is 11.8. The molecule has 2 aromatic rings. The zero-order valence-corrected chi connectivity index (χ0v) is 19.6. The van der Waals surface area contributed by atoms with E-state index in [1.165, 1.54) is 35.3 Å². The van der Waals surface area contributed by atoms with E-state index in [2.05, 4.69) is 25.8 Å². The number of carbonyl (C=O) groups excluding carboxylic acids is 2. The van der Waals surface area contributed by atoms with Crippen LogP contribution in [0.5, 0.6) is 0 Å². The number of hydrogen-bond donors (Lipinski definition) is 0. The molecule has 1 aromatic heterocycles. The molecule has 1 atom stereocenters. The summed E-state index contributed by atoms with van der Waals surface area (Å²) in [5.74, 6) is -0.863. The number of thiazole rings is 1. The maximum absolute atomic E-state index is 14.2. The van der Waals surface area contributed by atoms with Gasteiger partial charge in [0.15, 0.2) is 5.13 Å². The summed E-state index contributed by atoms with van der Waals surface area (Å²) >= 11 is 1.23. The Morgan fingerprint density at radius 3 is 2.58 bits per heavy atom. The molecule has 0 spiro atoms. The van der Waals surface area contributed by atoms with Crippen LogP contribution in [-0.4, -0.2) is 34.3 Å². The van der Waals surface area contributed by atoms with Gasteiger partial charge in [-0.1, -0.05) is 45.2 Å². The van der Waals surface area contributed by atoms with Gasteiger partial charge in [0, 0.05) is 31.0 Å². The van der Waals surface area contributed by atoms with Crippen molar-refractivity contribution in [3.63, 3.8) is 0 Å². The number of nitrogens with zero attached hydrogens (tertiary/aromatic N) is 3. The Balaban J connectivity index is 2.18. The van der Waals surface area contributed by atoms with Crippen LogP contribution in [0.25, 0.3) is 6.08 Å². The van der Waals surface area contributed by atoms with Crippen molar-refractivity contribution < 1.29 is 14.0 Å². The highest BCUT2D eigenvalue weighted by molar-refractivity contribution is 7.14.